The van der Waals surface area contributed by atoms with Gasteiger partial charge in [-0.15, -0.1) is 0 Å². The molecule has 1 fully saturated rings. The monoisotopic (exact) mass is 1650 g/mol. The molecule has 0 aromatic heterocycles. The molecule has 114 heavy (non-hydrogen) atoms. The summed E-state index contributed by atoms with van der Waals surface area (Å²) in [6.07, 6.45) is 11.7. The molecule has 11 N–H and O–H groups in total. The van der Waals surface area contributed by atoms with Crippen molar-refractivity contribution in [1.82, 2.24) is 16.0 Å². The minimum Gasteiger partial charge on any atom is -0.480 e. The Hall–Kier alpha value is -10.1. The zero-order valence-corrected chi connectivity index (χ0v) is 66.9. The van der Waals surface area contributed by atoms with Gasteiger partial charge in [0.15, 0.2) is 11.6 Å². The predicted molar refractivity (Wildman–Crippen MR) is 426 cm³/mol. The quantitative estimate of drug-likeness (QED) is 0.0101. The van der Waals surface area contributed by atoms with E-state index < -0.39 is 140 Å². The fourth-order valence-electron chi connectivity index (χ4n) is 14.4. The summed E-state index contributed by atoms with van der Waals surface area (Å²) in [5, 5.41) is 34.0. The number of ether oxygens (including phenoxy) is 1. The molecule has 2 aliphatic carbocycles. The van der Waals surface area contributed by atoms with Gasteiger partial charge in [-0.1, -0.05) is 82.5 Å². The van der Waals surface area contributed by atoms with E-state index in [4.69, 9.17) is 4.74 Å². The largest absolute Gasteiger partial charge is 0.480 e. The molecular formula is C79H96N8O23S4. The summed E-state index contributed by atoms with van der Waals surface area (Å²) in [6.45, 7) is 8.64. The second-order valence-electron chi connectivity index (χ2n) is 29.6. The predicted octanol–water partition coefficient (Wildman–Crippen LogP) is 9.89. The number of benzene rings is 5. The van der Waals surface area contributed by atoms with Gasteiger partial charge >= 0.3 is 18.0 Å². The number of carbonyl (C=O) groups is 8. The Labute approximate surface area is 662 Å². The number of fused-ring (bicyclic) bond motifs is 2. The van der Waals surface area contributed by atoms with Gasteiger partial charge in [-0.2, -0.15) is 33.7 Å². The van der Waals surface area contributed by atoms with Crippen molar-refractivity contribution in [2.24, 2.45) is 0 Å². The second kappa shape index (κ2) is 37.4. The average molecular weight is 1650 g/mol. The van der Waals surface area contributed by atoms with Crippen molar-refractivity contribution in [3.05, 3.63) is 178 Å². The van der Waals surface area contributed by atoms with Crippen molar-refractivity contribution in [2.45, 2.75) is 182 Å². The summed E-state index contributed by atoms with van der Waals surface area (Å²) in [7, 11) is -18.0. The number of nitrogens with zero attached hydrogens (tertiary/aromatic N) is 3. The molecule has 1 saturated carbocycles. The van der Waals surface area contributed by atoms with Crippen LogP contribution >= 0.6 is 0 Å². The fourth-order valence-corrected chi connectivity index (χ4v) is 16.6. The van der Waals surface area contributed by atoms with E-state index in [-0.39, 0.29) is 115 Å². The Bertz CT molecular complexity index is 5110. The van der Waals surface area contributed by atoms with Gasteiger partial charge in [-0.05, 0) is 197 Å². The molecule has 2 heterocycles. The van der Waals surface area contributed by atoms with Crippen molar-refractivity contribution in [3.63, 3.8) is 0 Å². The van der Waals surface area contributed by atoms with E-state index in [9.17, 15) is 100 Å². The molecular weight excluding hydrogens is 1560 g/mol. The maximum absolute atomic E-state index is 14.7. The van der Waals surface area contributed by atoms with Gasteiger partial charge in [0, 0.05) is 78.7 Å². The molecule has 0 bridgehead atoms. The first-order valence-corrected chi connectivity index (χ1v) is 43.4. The number of ketones is 2. The topological polar surface area (TPSA) is 474 Å². The van der Waals surface area contributed by atoms with E-state index in [1.54, 1.807) is 31.2 Å². The Kier molecular flexibility index (Phi) is 28.8. The summed E-state index contributed by atoms with van der Waals surface area (Å²) in [4.78, 5) is 113. The van der Waals surface area contributed by atoms with Crippen LogP contribution in [0.1, 0.15) is 158 Å². The maximum Gasteiger partial charge on any atom is 0.326 e. The van der Waals surface area contributed by atoms with Gasteiger partial charge in [0.2, 0.25) is 5.91 Å². The highest BCUT2D eigenvalue weighted by Gasteiger charge is 2.42. The highest BCUT2D eigenvalue weighted by atomic mass is 32.2. The Morgan fingerprint density at radius 1 is 0.684 bits per heavy atom. The Morgan fingerprint density at radius 3 is 1.98 bits per heavy atom. The molecule has 3 atom stereocenters. The van der Waals surface area contributed by atoms with Crippen molar-refractivity contribution < 1.29 is 105 Å². The molecule has 2 aliphatic heterocycles. The summed E-state index contributed by atoms with van der Waals surface area (Å²) in [6, 6.07) is 21.7. The number of carbonyl (C=O) groups excluding carboxylic acids is 6. The molecule has 0 radical (unpaired) electrons. The highest BCUT2D eigenvalue weighted by Crippen LogP contribution is 2.49. The molecule has 9 rings (SSSR count). The highest BCUT2D eigenvalue weighted by molar-refractivity contribution is 7.86. The second-order valence-corrected chi connectivity index (χ2v) is 35.6. The third-order valence-electron chi connectivity index (χ3n) is 20.6. The lowest BCUT2D eigenvalue weighted by molar-refractivity contribution is -0.142. The van der Waals surface area contributed by atoms with E-state index in [1.807, 2.05) is 30.9 Å². The van der Waals surface area contributed by atoms with Crippen molar-refractivity contribution in [1.29, 1.82) is 0 Å². The van der Waals surface area contributed by atoms with Crippen LogP contribution in [0.4, 0.5) is 33.2 Å². The van der Waals surface area contributed by atoms with E-state index >= 15 is 0 Å². The molecule has 4 aliphatic rings. The van der Waals surface area contributed by atoms with Gasteiger partial charge in [-0.25, -0.2) is 14.4 Å². The van der Waals surface area contributed by atoms with Crippen molar-refractivity contribution >= 4 is 116 Å². The molecule has 0 unspecified atom stereocenters. The Morgan fingerprint density at radius 2 is 1.33 bits per heavy atom. The minimum absolute atomic E-state index is 0.0566. The number of nitrogens with one attached hydrogen (secondary N) is 5. The average Bonchev–Trinajstić information content (AvgIpc) is 1.59. The van der Waals surface area contributed by atoms with Crippen LogP contribution in [0.2, 0.25) is 0 Å². The van der Waals surface area contributed by atoms with Gasteiger partial charge < -0.3 is 56.2 Å². The van der Waals surface area contributed by atoms with Crippen LogP contribution in [0.25, 0.3) is 0 Å². The Balaban J connectivity index is 0.913. The molecule has 31 nitrogen and oxygen atoms in total. The zero-order valence-electron chi connectivity index (χ0n) is 63.7. The van der Waals surface area contributed by atoms with Gasteiger partial charge in [0.1, 0.15) is 29.6 Å². The fraction of sp³-hybridized carbons (Fsp3) is 0.418. The van der Waals surface area contributed by atoms with Crippen molar-refractivity contribution in [2.75, 3.05) is 63.0 Å². The molecule has 0 spiro atoms. The lowest BCUT2D eigenvalue weighted by Crippen LogP contribution is -2.55. The van der Waals surface area contributed by atoms with Crippen LogP contribution in [-0.2, 0) is 86.5 Å². The van der Waals surface area contributed by atoms with Crippen LogP contribution < -0.4 is 46.0 Å². The number of hydrogen-bond acceptors (Lipinski definition) is 20. The third kappa shape index (κ3) is 23.3. The molecule has 5 aromatic rings. The number of carboxylic acid groups (broad SMARTS) is 2. The van der Waals surface area contributed by atoms with Gasteiger partial charge in [0.25, 0.3) is 52.3 Å². The number of allylic oxidation sites excluding steroid dienone is 7. The number of aliphatic carboxylic acids is 2. The first-order valence-electron chi connectivity index (χ1n) is 37.3. The zero-order chi connectivity index (χ0) is 83.3. The van der Waals surface area contributed by atoms with Crippen LogP contribution in [0, 0.1) is 0 Å². The smallest absolute Gasteiger partial charge is 0.326 e. The van der Waals surface area contributed by atoms with E-state index in [0.29, 0.717) is 58.6 Å². The summed E-state index contributed by atoms with van der Waals surface area (Å²) in [5.74, 6) is -6.56. The number of Topliss-reactive ketones (excluding diaryl/α,β-unsaturated/α-hetero) is 1. The van der Waals surface area contributed by atoms with Crippen LogP contribution in [-0.4, -0.2) is 171 Å². The lowest BCUT2D eigenvalue weighted by Gasteiger charge is -2.37. The number of anilines is 5. The van der Waals surface area contributed by atoms with E-state index in [0.717, 1.165) is 49.9 Å². The van der Waals surface area contributed by atoms with Crippen molar-refractivity contribution in [3.8, 4) is 5.75 Å². The molecule has 614 valence electrons. The number of unbranched alkanes of at least 4 members (excludes halogenated alkanes) is 2. The SMILES string of the molecule is CCC(=O)CN1C(=O)[C@H](NC(=O)Nc2cccc(C(=O)N[C@H](CCC(=O)N[C@@H](Cc3ccc(OC4=C(/C=C/C(=O)C(C)(C)c5cc(S(=O)(=O)O)ccc5NCCCCS(=O)(=O)O)CCC/C4=C\C=C4\N(CCCCS(=O)(=O)O)c5ccc(S(=O)(=O)O)cc5C4(C)C)cc3)C(=O)O)C(=O)O)c2)CN(C2CCCCC2)c2ccccc21. The number of urea groups is 1. The minimum atomic E-state index is -4.80. The van der Waals surface area contributed by atoms with Crippen LogP contribution in [0.15, 0.2) is 166 Å². The van der Waals surface area contributed by atoms with E-state index in [1.165, 1.54) is 104 Å². The third-order valence-corrected chi connectivity index (χ3v) is 23.9. The van der Waals surface area contributed by atoms with Gasteiger partial charge in [0.05, 0.1) is 44.6 Å². The molecule has 5 amide bonds. The number of rotatable bonds is 36. The first-order chi connectivity index (χ1) is 53.6. The number of amides is 5. The molecule has 0 saturated heterocycles. The summed E-state index contributed by atoms with van der Waals surface area (Å²) in [5.41, 5.74) is 2.34. The summed E-state index contributed by atoms with van der Waals surface area (Å²) >= 11 is 0. The number of hydrogen-bond donors (Lipinski definition) is 11. The summed E-state index contributed by atoms with van der Waals surface area (Å²) < 4.78 is 142. The van der Waals surface area contributed by atoms with Crippen LogP contribution in [0.5, 0.6) is 5.75 Å². The lowest BCUT2D eigenvalue weighted by atomic mass is 9.79. The van der Waals surface area contributed by atoms with Gasteiger partial charge in [-0.3, -0.25) is 42.2 Å². The standard InChI is InChI=1S/C79H96N8O23S4/c1-6-56(88)48-87-68-25-11-10-24-67(68)86(55-22-8-7-9-23-55)49-65(74(87)92)84-77(97)81-54-21-17-20-53(45-54)73(91)83-63(75(93)94)35-39-71(90)82-64(76(95)96)44-50-26-30-57(31-27-50)110-72-51(28-37-69-78(2,3)61-47-59(114(107,108)109)33-36-66(61)85(69)41-13-15-43-112(101,102)103)18-16-19-52(72)29-38-70(89)79(4,5)60-46-58(113(104,105)106)32-34-62(60)80-40-12-14-42-111(98,99)100/h10-11,17,20-21,24-34,36-38,45-47,55,63-65,80H,6-9,12-16,18-19,22-23,35,39-44,48-49H2,1-5H3,(H,82,90)(H,83,91)(H,93,94)(H,95,96)(H2,81,84,97)(H,98,99,100)(H,101,102,103)(H,104,105,106)(H,107,108,109)/b38-29+,51-28+,69-37+/t63-,64+,65-/m1/s1. The van der Waals surface area contributed by atoms with Crippen LogP contribution in [0.3, 0.4) is 0 Å². The molecule has 35 heteroatoms. The first kappa shape index (κ1) is 87.8. The number of carboxylic acids is 2. The number of para-hydroxylation sites is 2. The van der Waals surface area contributed by atoms with E-state index in [2.05, 4.69) is 31.5 Å². The maximum atomic E-state index is 14.7. The molecule has 5 aromatic carbocycles. The normalized spacial score (nSPS) is 17.5.